The summed E-state index contributed by atoms with van der Waals surface area (Å²) in [4.78, 5) is 16.8. The van der Waals surface area contributed by atoms with Crippen molar-refractivity contribution in [3.05, 3.63) is 29.8 Å². The lowest BCUT2D eigenvalue weighted by atomic mass is 10.2. The molecule has 0 spiro atoms. The van der Waals surface area contributed by atoms with Gasteiger partial charge in [-0.15, -0.1) is 0 Å². The molecule has 25 heavy (non-hydrogen) atoms. The number of rotatable bonds is 8. The van der Waals surface area contributed by atoms with Gasteiger partial charge in [0.05, 0.1) is 13.7 Å². The minimum absolute atomic E-state index is 0.106. The molecular weight excluding hydrogens is 336 g/mol. The van der Waals surface area contributed by atoms with E-state index in [9.17, 15) is 4.79 Å². The van der Waals surface area contributed by atoms with Crippen molar-refractivity contribution in [1.82, 2.24) is 16.0 Å². The zero-order valence-electron chi connectivity index (χ0n) is 15.0. The first-order valence-corrected chi connectivity index (χ1v) is 9.84. The number of amides is 1. The molecule has 0 radical (unpaired) electrons. The first-order chi connectivity index (χ1) is 12.2. The van der Waals surface area contributed by atoms with Crippen molar-refractivity contribution in [1.29, 1.82) is 0 Å². The van der Waals surface area contributed by atoms with E-state index in [1.165, 1.54) is 18.6 Å². The molecule has 1 aliphatic rings. The smallest absolute Gasteiger partial charge is 0.251 e. The summed E-state index contributed by atoms with van der Waals surface area (Å²) in [5.41, 5.74) is 0.596. The Morgan fingerprint density at radius 1 is 1.32 bits per heavy atom. The third-order valence-electron chi connectivity index (χ3n) is 3.86. The van der Waals surface area contributed by atoms with Crippen LogP contribution in [0.15, 0.2) is 29.3 Å². The van der Waals surface area contributed by atoms with E-state index in [0.717, 1.165) is 19.0 Å². The summed E-state index contributed by atoms with van der Waals surface area (Å²) in [6.07, 6.45) is 2.55. The van der Waals surface area contributed by atoms with E-state index in [0.29, 0.717) is 29.7 Å². The lowest BCUT2D eigenvalue weighted by Gasteiger charge is -2.13. The minimum Gasteiger partial charge on any atom is -0.497 e. The van der Waals surface area contributed by atoms with Gasteiger partial charge in [-0.3, -0.25) is 9.79 Å². The zero-order valence-corrected chi connectivity index (χ0v) is 15.8. The van der Waals surface area contributed by atoms with Crippen LogP contribution in [0.2, 0.25) is 0 Å². The van der Waals surface area contributed by atoms with Crippen molar-refractivity contribution in [2.24, 2.45) is 4.99 Å². The van der Waals surface area contributed by atoms with Gasteiger partial charge in [0.1, 0.15) is 5.75 Å². The van der Waals surface area contributed by atoms with Crippen LogP contribution >= 0.6 is 11.8 Å². The number of thioether (sulfide) groups is 1. The van der Waals surface area contributed by atoms with Gasteiger partial charge in [-0.2, -0.15) is 11.8 Å². The molecule has 6 nitrogen and oxygen atoms in total. The quantitative estimate of drug-likeness (QED) is 0.373. The van der Waals surface area contributed by atoms with Crippen molar-refractivity contribution in [2.45, 2.75) is 25.0 Å². The van der Waals surface area contributed by atoms with Gasteiger partial charge in [0, 0.05) is 30.4 Å². The van der Waals surface area contributed by atoms with Gasteiger partial charge < -0.3 is 20.7 Å². The summed E-state index contributed by atoms with van der Waals surface area (Å²) in [5, 5.41) is 10.0. The molecule has 3 N–H and O–H groups in total. The number of methoxy groups -OCH3 is 1. The van der Waals surface area contributed by atoms with E-state index in [4.69, 9.17) is 4.74 Å². The van der Waals surface area contributed by atoms with Crippen molar-refractivity contribution in [2.75, 3.05) is 39.0 Å². The van der Waals surface area contributed by atoms with Crippen LogP contribution in [0.5, 0.6) is 5.75 Å². The number of nitrogens with one attached hydrogen (secondary N) is 3. The fraction of sp³-hybridized carbons (Fsp3) is 0.556. The van der Waals surface area contributed by atoms with Gasteiger partial charge in [0.2, 0.25) is 0 Å². The van der Waals surface area contributed by atoms with Gasteiger partial charge in [0.25, 0.3) is 5.91 Å². The number of guanidine groups is 1. The molecule has 7 heteroatoms. The highest BCUT2D eigenvalue weighted by molar-refractivity contribution is 8.00. The summed E-state index contributed by atoms with van der Waals surface area (Å²) >= 11 is 2.01. The molecule has 0 saturated carbocycles. The number of nitrogens with zero attached hydrogens (tertiary/aromatic N) is 1. The van der Waals surface area contributed by atoms with Crippen LogP contribution in [-0.4, -0.2) is 56.2 Å². The van der Waals surface area contributed by atoms with Crippen molar-refractivity contribution >= 4 is 23.6 Å². The van der Waals surface area contributed by atoms with Crippen LogP contribution < -0.4 is 20.7 Å². The molecule has 138 valence electrons. The third-order valence-corrected chi connectivity index (χ3v) is 5.24. The number of benzene rings is 1. The van der Waals surface area contributed by atoms with E-state index < -0.39 is 0 Å². The van der Waals surface area contributed by atoms with E-state index in [-0.39, 0.29) is 5.91 Å². The van der Waals surface area contributed by atoms with Crippen LogP contribution in [-0.2, 0) is 0 Å². The Balaban J connectivity index is 1.73. The predicted molar refractivity (Wildman–Crippen MR) is 105 cm³/mol. The Hall–Kier alpha value is -1.89. The highest BCUT2D eigenvalue weighted by atomic mass is 32.2. The molecule has 1 aliphatic heterocycles. The summed E-state index contributed by atoms with van der Waals surface area (Å²) < 4.78 is 5.14. The van der Waals surface area contributed by atoms with E-state index in [2.05, 4.69) is 20.9 Å². The van der Waals surface area contributed by atoms with Crippen LogP contribution in [0, 0.1) is 0 Å². The highest BCUT2D eigenvalue weighted by Gasteiger charge is 2.15. The van der Waals surface area contributed by atoms with Gasteiger partial charge >= 0.3 is 0 Å². The molecule has 1 heterocycles. The number of carbonyl (C=O) groups is 1. The number of aliphatic imine (C=N–C) groups is 1. The Morgan fingerprint density at radius 2 is 2.16 bits per heavy atom. The van der Waals surface area contributed by atoms with Crippen LogP contribution in [0.25, 0.3) is 0 Å². The van der Waals surface area contributed by atoms with E-state index in [1.54, 1.807) is 19.2 Å². The van der Waals surface area contributed by atoms with Crippen molar-refractivity contribution in [3.8, 4) is 5.75 Å². The average molecular weight is 365 g/mol. The second kappa shape index (κ2) is 10.9. The first kappa shape index (κ1) is 19.4. The Morgan fingerprint density at radius 3 is 2.88 bits per heavy atom. The molecule has 0 aliphatic carbocycles. The van der Waals surface area contributed by atoms with Crippen LogP contribution in [0.3, 0.4) is 0 Å². The molecule has 1 amide bonds. The number of ether oxygens (including phenoxy) is 1. The van der Waals surface area contributed by atoms with Gasteiger partial charge in [-0.25, -0.2) is 0 Å². The summed E-state index contributed by atoms with van der Waals surface area (Å²) in [6, 6.07) is 7.13. The first-order valence-electron chi connectivity index (χ1n) is 8.79. The molecule has 0 aromatic heterocycles. The molecule has 1 atom stereocenters. The number of hydrogen-bond acceptors (Lipinski definition) is 4. The molecule has 1 fully saturated rings. The zero-order chi connectivity index (χ0) is 17.9. The molecule has 2 rings (SSSR count). The Bertz CT molecular complexity index is 574. The minimum atomic E-state index is -0.106. The van der Waals surface area contributed by atoms with Crippen molar-refractivity contribution < 1.29 is 9.53 Å². The Labute approximate surface area is 154 Å². The summed E-state index contributed by atoms with van der Waals surface area (Å²) in [6.45, 7) is 4.86. The SMILES string of the molecule is CCNC(=NCC1CCCS1)NCCNC(=O)c1cccc(OC)c1. The predicted octanol–water partition coefficient (Wildman–Crippen LogP) is 1.88. The average Bonchev–Trinajstić information content (AvgIpc) is 3.16. The van der Waals surface area contributed by atoms with Crippen molar-refractivity contribution in [3.63, 3.8) is 0 Å². The molecule has 1 aromatic rings. The topological polar surface area (TPSA) is 74.8 Å². The lowest BCUT2D eigenvalue weighted by molar-refractivity contribution is 0.0954. The summed E-state index contributed by atoms with van der Waals surface area (Å²) in [5.74, 6) is 2.63. The monoisotopic (exact) mass is 364 g/mol. The largest absolute Gasteiger partial charge is 0.497 e. The molecule has 1 saturated heterocycles. The maximum Gasteiger partial charge on any atom is 0.251 e. The number of hydrogen-bond donors (Lipinski definition) is 3. The lowest BCUT2D eigenvalue weighted by Crippen LogP contribution is -2.41. The highest BCUT2D eigenvalue weighted by Crippen LogP contribution is 2.25. The maximum absolute atomic E-state index is 12.1. The molecule has 0 bridgehead atoms. The Kier molecular flexibility index (Phi) is 8.45. The standard InChI is InChI=1S/C18H28N4O2S/c1-3-19-18(22-13-16-8-5-11-25-16)21-10-9-20-17(23)14-6-4-7-15(12-14)24-2/h4,6-7,12,16H,3,5,8-11,13H2,1-2H3,(H,20,23)(H2,19,21,22). The van der Waals surface area contributed by atoms with Gasteiger partial charge in [-0.1, -0.05) is 6.07 Å². The van der Waals surface area contributed by atoms with Crippen LogP contribution in [0.4, 0.5) is 0 Å². The molecule has 1 aromatic carbocycles. The fourth-order valence-corrected chi connectivity index (χ4v) is 3.73. The second-order valence-corrected chi connectivity index (χ2v) is 7.18. The van der Waals surface area contributed by atoms with E-state index >= 15 is 0 Å². The van der Waals surface area contributed by atoms with Gasteiger partial charge in [-0.05, 0) is 43.7 Å². The van der Waals surface area contributed by atoms with Crippen LogP contribution in [0.1, 0.15) is 30.1 Å². The number of carbonyl (C=O) groups excluding carboxylic acids is 1. The summed E-state index contributed by atoms with van der Waals surface area (Å²) in [7, 11) is 1.59. The maximum atomic E-state index is 12.1. The molecular formula is C18H28N4O2S. The van der Waals surface area contributed by atoms with Gasteiger partial charge in [0.15, 0.2) is 5.96 Å². The second-order valence-electron chi connectivity index (χ2n) is 5.77. The fourth-order valence-electron chi connectivity index (χ4n) is 2.55. The normalized spacial score (nSPS) is 17.2. The third kappa shape index (κ3) is 6.86. The van der Waals surface area contributed by atoms with E-state index in [1.807, 2.05) is 30.8 Å². The molecule has 1 unspecified atom stereocenters.